The molecule has 4 heteroatoms. The van der Waals surface area contributed by atoms with Gasteiger partial charge in [0.15, 0.2) is 0 Å². The summed E-state index contributed by atoms with van der Waals surface area (Å²) in [6.07, 6.45) is 11.4. The molecule has 0 heterocycles. The minimum atomic E-state index is -0.290. The lowest BCUT2D eigenvalue weighted by molar-refractivity contribution is -0.143. The number of unbranched alkanes of at least 4 members (excludes halogenated alkanes) is 8. The van der Waals surface area contributed by atoms with E-state index in [0.717, 1.165) is 25.7 Å². The van der Waals surface area contributed by atoms with Gasteiger partial charge in [-0.05, 0) is 40.0 Å². The van der Waals surface area contributed by atoms with Crippen molar-refractivity contribution in [1.29, 1.82) is 0 Å². The molecule has 0 rings (SSSR count). The van der Waals surface area contributed by atoms with Gasteiger partial charge in [0, 0.05) is 11.1 Å². The average molecular weight is 353 g/mol. The van der Waals surface area contributed by atoms with E-state index in [9.17, 15) is 9.59 Å². The summed E-state index contributed by atoms with van der Waals surface area (Å²) >= 11 is 0. The molecule has 144 valence electrons. The lowest BCUT2D eigenvalue weighted by atomic mass is 10.1. The minimum Gasteiger partial charge on any atom is -0.462 e. The molecular formula is C21H36O4. The van der Waals surface area contributed by atoms with Gasteiger partial charge < -0.3 is 9.47 Å². The van der Waals surface area contributed by atoms with Gasteiger partial charge in [0.1, 0.15) is 0 Å². The van der Waals surface area contributed by atoms with Crippen molar-refractivity contribution in [2.45, 2.75) is 91.1 Å². The first-order valence-corrected chi connectivity index (χ1v) is 9.53. The summed E-state index contributed by atoms with van der Waals surface area (Å²) in [7, 11) is 0. The number of esters is 2. The van der Waals surface area contributed by atoms with Gasteiger partial charge in [-0.25, -0.2) is 9.59 Å². The second-order valence-corrected chi connectivity index (χ2v) is 6.88. The summed E-state index contributed by atoms with van der Waals surface area (Å²) in [4.78, 5) is 22.5. The number of hydrogen-bond acceptors (Lipinski definition) is 4. The van der Waals surface area contributed by atoms with Crippen molar-refractivity contribution in [1.82, 2.24) is 0 Å². The highest BCUT2D eigenvalue weighted by Gasteiger charge is 2.09. The van der Waals surface area contributed by atoms with Crippen LogP contribution in [0.3, 0.4) is 0 Å². The zero-order chi connectivity index (χ0) is 19.1. The molecule has 0 saturated carbocycles. The quantitative estimate of drug-likeness (QED) is 0.221. The van der Waals surface area contributed by atoms with Gasteiger partial charge in [-0.15, -0.1) is 0 Å². The minimum absolute atomic E-state index is 0.0248. The highest BCUT2D eigenvalue weighted by atomic mass is 16.5. The molecule has 0 aliphatic heterocycles. The largest absolute Gasteiger partial charge is 0.462 e. The summed E-state index contributed by atoms with van der Waals surface area (Å²) in [5.74, 6) is -0.578. The topological polar surface area (TPSA) is 52.6 Å². The maximum absolute atomic E-state index is 11.4. The maximum atomic E-state index is 11.4. The van der Waals surface area contributed by atoms with Crippen molar-refractivity contribution < 1.29 is 19.1 Å². The Morgan fingerprint density at radius 1 is 0.760 bits per heavy atom. The Labute approximate surface area is 153 Å². The van der Waals surface area contributed by atoms with Crippen LogP contribution in [0.5, 0.6) is 0 Å². The normalized spacial score (nSPS) is 11.6. The smallest absolute Gasteiger partial charge is 0.333 e. The molecule has 25 heavy (non-hydrogen) atoms. The monoisotopic (exact) mass is 352 g/mol. The van der Waals surface area contributed by atoms with Gasteiger partial charge in [0.25, 0.3) is 0 Å². The number of carbonyl (C=O) groups excluding carboxylic acids is 2. The molecular weight excluding hydrogens is 316 g/mol. The van der Waals surface area contributed by atoms with Crippen molar-refractivity contribution in [2.24, 2.45) is 0 Å². The molecule has 0 aliphatic carbocycles. The van der Waals surface area contributed by atoms with Crippen molar-refractivity contribution in [2.75, 3.05) is 6.61 Å². The van der Waals surface area contributed by atoms with Crippen LogP contribution in [0.1, 0.15) is 85.0 Å². The van der Waals surface area contributed by atoms with Crippen molar-refractivity contribution >= 4 is 11.9 Å². The standard InChI is InChI=1S/C21H36O4/c1-17(2)20(22)24-16-14-12-10-8-6-7-9-11-13-15-19(5)25-21(23)18(3)4/h19H,1,3,6-16H2,2,4-5H3. The molecule has 0 radical (unpaired) electrons. The van der Waals surface area contributed by atoms with Crippen LogP contribution < -0.4 is 0 Å². The molecule has 0 aromatic heterocycles. The van der Waals surface area contributed by atoms with Crippen LogP contribution in [0, 0.1) is 0 Å². The Bertz CT molecular complexity index is 426. The Kier molecular flexibility index (Phi) is 13.8. The molecule has 0 amide bonds. The predicted octanol–water partition coefficient (Wildman–Crippen LogP) is 5.51. The molecule has 1 unspecified atom stereocenters. The van der Waals surface area contributed by atoms with E-state index in [0.29, 0.717) is 17.8 Å². The number of hydrogen-bond donors (Lipinski definition) is 0. The van der Waals surface area contributed by atoms with Crippen molar-refractivity contribution in [3.63, 3.8) is 0 Å². The van der Waals surface area contributed by atoms with E-state index in [1.54, 1.807) is 13.8 Å². The third kappa shape index (κ3) is 14.5. The Morgan fingerprint density at radius 2 is 1.20 bits per heavy atom. The van der Waals surface area contributed by atoms with Crippen LogP contribution in [-0.4, -0.2) is 24.6 Å². The van der Waals surface area contributed by atoms with E-state index in [-0.39, 0.29) is 18.0 Å². The average Bonchev–Trinajstić information content (AvgIpc) is 2.55. The zero-order valence-electron chi connectivity index (χ0n) is 16.4. The highest BCUT2D eigenvalue weighted by molar-refractivity contribution is 5.87. The number of carbonyl (C=O) groups is 2. The fourth-order valence-corrected chi connectivity index (χ4v) is 2.40. The maximum Gasteiger partial charge on any atom is 0.333 e. The molecule has 0 saturated heterocycles. The van der Waals surface area contributed by atoms with Gasteiger partial charge in [-0.3, -0.25) is 0 Å². The number of rotatable bonds is 15. The summed E-state index contributed by atoms with van der Waals surface area (Å²) in [6, 6.07) is 0. The SMILES string of the molecule is C=C(C)C(=O)OCCCCCCCCCCCC(C)OC(=O)C(=C)C. The first kappa shape index (κ1) is 23.4. The Hall–Kier alpha value is -1.58. The summed E-state index contributed by atoms with van der Waals surface area (Å²) in [5, 5.41) is 0. The van der Waals surface area contributed by atoms with Crippen LogP contribution in [0.25, 0.3) is 0 Å². The lowest BCUT2D eigenvalue weighted by Gasteiger charge is -2.12. The molecule has 0 fully saturated rings. The van der Waals surface area contributed by atoms with Gasteiger partial charge in [-0.2, -0.15) is 0 Å². The van der Waals surface area contributed by atoms with Gasteiger partial charge in [0.05, 0.1) is 12.7 Å². The molecule has 0 N–H and O–H groups in total. The van der Waals surface area contributed by atoms with Gasteiger partial charge in [-0.1, -0.05) is 58.1 Å². The third-order valence-electron chi connectivity index (χ3n) is 3.99. The van der Waals surface area contributed by atoms with E-state index >= 15 is 0 Å². The van der Waals surface area contributed by atoms with E-state index in [1.165, 1.54) is 38.5 Å². The second-order valence-electron chi connectivity index (χ2n) is 6.88. The second kappa shape index (κ2) is 14.7. The highest BCUT2D eigenvalue weighted by Crippen LogP contribution is 2.13. The zero-order valence-corrected chi connectivity index (χ0v) is 16.4. The predicted molar refractivity (Wildman–Crippen MR) is 102 cm³/mol. The molecule has 1 atom stereocenters. The van der Waals surface area contributed by atoms with E-state index < -0.39 is 0 Å². The molecule has 4 nitrogen and oxygen atoms in total. The Balaban J connectivity index is 3.31. The molecule has 0 spiro atoms. The van der Waals surface area contributed by atoms with Gasteiger partial charge in [0.2, 0.25) is 0 Å². The van der Waals surface area contributed by atoms with E-state index in [2.05, 4.69) is 13.2 Å². The van der Waals surface area contributed by atoms with Crippen LogP contribution in [0.4, 0.5) is 0 Å². The number of ether oxygens (including phenoxy) is 2. The Morgan fingerprint density at radius 3 is 1.68 bits per heavy atom. The molecule has 0 aromatic carbocycles. The molecule has 0 bridgehead atoms. The summed E-state index contributed by atoms with van der Waals surface area (Å²) in [6.45, 7) is 12.9. The van der Waals surface area contributed by atoms with Gasteiger partial charge >= 0.3 is 11.9 Å². The van der Waals surface area contributed by atoms with E-state index in [4.69, 9.17) is 9.47 Å². The van der Waals surface area contributed by atoms with Crippen LogP contribution in [-0.2, 0) is 19.1 Å². The van der Waals surface area contributed by atoms with Crippen molar-refractivity contribution in [3.05, 3.63) is 24.3 Å². The van der Waals surface area contributed by atoms with Crippen LogP contribution in [0.15, 0.2) is 24.3 Å². The third-order valence-corrected chi connectivity index (χ3v) is 3.99. The fraction of sp³-hybridized carbons (Fsp3) is 0.714. The van der Waals surface area contributed by atoms with Crippen LogP contribution in [0.2, 0.25) is 0 Å². The van der Waals surface area contributed by atoms with Crippen LogP contribution >= 0.6 is 0 Å². The summed E-state index contributed by atoms with van der Waals surface area (Å²) < 4.78 is 10.3. The molecule has 0 aromatic rings. The fourth-order valence-electron chi connectivity index (χ4n) is 2.40. The first-order chi connectivity index (χ1) is 11.8. The van der Waals surface area contributed by atoms with E-state index in [1.807, 2.05) is 6.92 Å². The lowest BCUT2D eigenvalue weighted by Crippen LogP contribution is -2.15. The summed E-state index contributed by atoms with van der Waals surface area (Å²) in [5.41, 5.74) is 0.921. The first-order valence-electron chi connectivity index (χ1n) is 9.53. The molecule has 0 aliphatic rings. The van der Waals surface area contributed by atoms with Crippen molar-refractivity contribution in [3.8, 4) is 0 Å².